The molecule has 0 amide bonds. The molecule has 0 atom stereocenters. The van der Waals surface area contributed by atoms with Gasteiger partial charge in [-0.1, -0.05) is 200 Å². The molecular formula is C66H44N2. The van der Waals surface area contributed by atoms with Gasteiger partial charge in [0.15, 0.2) is 0 Å². The van der Waals surface area contributed by atoms with Crippen molar-refractivity contribution < 1.29 is 0 Å². The Morgan fingerprint density at radius 3 is 1.13 bits per heavy atom. The van der Waals surface area contributed by atoms with Gasteiger partial charge in [0.25, 0.3) is 0 Å². The second-order valence-electron chi connectivity index (χ2n) is 17.7. The predicted octanol–water partition coefficient (Wildman–Crippen LogP) is 17.9. The number of aromatic nitrogens is 2. The fourth-order valence-corrected chi connectivity index (χ4v) is 10.4. The summed E-state index contributed by atoms with van der Waals surface area (Å²) in [5.41, 5.74) is 16.2. The molecule has 0 aliphatic carbocycles. The Morgan fingerprint density at radius 2 is 0.618 bits per heavy atom. The standard InChI is InChI=1S/C66H44N2/c1-5-19-47(20-6-1)61-35-36-62(48-21-7-2-8-22-48)67(61)57-34-33-53-42-60-59(43-56(53)41-57)58(54-31-29-45-17-13-15-27-51(45)39-54)44-65(66(60)55-32-30-46-18-14-16-28-52(46)40-55)68-63(49-23-9-3-10-24-49)37-38-64(68)50-25-11-4-12-26-50/h1-44H. The Bertz CT molecular complexity index is 3880. The van der Waals surface area contributed by atoms with Gasteiger partial charge in [-0.2, -0.15) is 0 Å². The topological polar surface area (TPSA) is 9.86 Å². The largest absolute Gasteiger partial charge is 0.309 e. The molecule has 13 aromatic rings. The molecule has 0 saturated carbocycles. The molecule has 0 bridgehead atoms. The molecule has 318 valence electrons. The van der Waals surface area contributed by atoms with Crippen LogP contribution in [-0.4, -0.2) is 9.13 Å². The van der Waals surface area contributed by atoms with Crippen LogP contribution < -0.4 is 0 Å². The lowest BCUT2D eigenvalue weighted by atomic mass is 9.87. The molecule has 0 unspecified atom stereocenters. The molecule has 2 heteroatoms. The van der Waals surface area contributed by atoms with Gasteiger partial charge in [-0.05, 0) is 149 Å². The van der Waals surface area contributed by atoms with Crippen LogP contribution in [0.5, 0.6) is 0 Å². The maximum Gasteiger partial charge on any atom is 0.0553 e. The van der Waals surface area contributed by atoms with Crippen LogP contribution in [0.2, 0.25) is 0 Å². The van der Waals surface area contributed by atoms with Crippen LogP contribution >= 0.6 is 0 Å². The highest BCUT2D eigenvalue weighted by Crippen LogP contribution is 2.46. The van der Waals surface area contributed by atoms with E-state index in [4.69, 9.17) is 0 Å². The monoisotopic (exact) mass is 864 g/mol. The SMILES string of the molecule is c1ccc(-c2ccc(-c3ccccc3)n2-c2ccc3cc4c(-c5ccc6ccccc6c5)c(-n5c(-c6ccccc6)ccc5-c5ccccc5)cc(-c5ccc6ccccc6c5)c4cc3c2)cc1. The van der Waals surface area contributed by atoms with Crippen LogP contribution in [0.3, 0.4) is 0 Å². The summed E-state index contributed by atoms with van der Waals surface area (Å²) < 4.78 is 4.93. The van der Waals surface area contributed by atoms with E-state index in [2.05, 4.69) is 276 Å². The molecule has 0 aliphatic heterocycles. The maximum atomic E-state index is 2.51. The van der Waals surface area contributed by atoms with Crippen molar-refractivity contribution in [2.45, 2.75) is 0 Å². The zero-order valence-corrected chi connectivity index (χ0v) is 37.3. The average molecular weight is 865 g/mol. The van der Waals surface area contributed by atoms with Crippen molar-refractivity contribution in [2.24, 2.45) is 0 Å². The number of nitrogens with zero attached hydrogens (tertiary/aromatic N) is 2. The molecule has 0 fully saturated rings. The lowest BCUT2D eigenvalue weighted by molar-refractivity contribution is 1.10. The summed E-state index contributed by atoms with van der Waals surface area (Å²) in [7, 11) is 0. The minimum Gasteiger partial charge on any atom is -0.309 e. The molecule has 2 aromatic heterocycles. The third-order valence-electron chi connectivity index (χ3n) is 13.7. The van der Waals surface area contributed by atoms with Gasteiger partial charge < -0.3 is 9.13 Å². The lowest BCUT2D eigenvalue weighted by Crippen LogP contribution is -2.04. The first-order chi connectivity index (χ1) is 33.7. The number of hydrogen-bond acceptors (Lipinski definition) is 0. The van der Waals surface area contributed by atoms with Crippen LogP contribution in [-0.2, 0) is 0 Å². The lowest BCUT2D eigenvalue weighted by Gasteiger charge is -2.23. The average Bonchev–Trinajstić information content (AvgIpc) is 4.07. The summed E-state index contributed by atoms with van der Waals surface area (Å²) in [5, 5.41) is 9.62. The van der Waals surface area contributed by atoms with E-state index in [1.807, 2.05) is 0 Å². The fourth-order valence-electron chi connectivity index (χ4n) is 10.4. The Hall–Kier alpha value is -8.98. The van der Waals surface area contributed by atoms with Crippen LogP contribution in [0.4, 0.5) is 0 Å². The predicted molar refractivity (Wildman–Crippen MR) is 288 cm³/mol. The van der Waals surface area contributed by atoms with E-state index in [0.717, 1.165) is 45.3 Å². The van der Waals surface area contributed by atoms with E-state index >= 15 is 0 Å². The van der Waals surface area contributed by atoms with Gasteiger partial charge in [0.05, 0.1) is 28.5 Å². The highest BCUT2D eigenvalue weighted by Gasteiger charge is 2.23. The van der Waals surface area contributed by atoms with Crippen LogP contribution in [0.15, 0.2) is 267 Å². The van der Waals surface area contributed by atoms with Gasteiger partial charge in [-0.15, -0.1) is 0 Å². The van der Waals surface area contributed by atoms with Gasteiger partial charge in [-0.3, -0.25) is 0 Å². The van der Waals surface area contributed by atoms with E-state index in [1.54, 1.807) is 0 Å². The second-order valence-corrected chi connectivity index (χ2v) is 17.7. The van der Waals surface area contributed by atoms with Crippen molar-refractivity contribution in [1.82, 2.24) is 9.13 Å². The van der Waals surface area contributed by atoms with E-state index in [-0.39, 0.29) is 0 Å². The first-order valence-corrected chi connectivity index (χ1v) is 23.4. The minimum absolute atomic E-state index is 1.12. The van der Waals surface area contributed by atoms with Crippen LogP contribution in [0.1, 0.15) is 0 Å². The first-order valence-electron chi connectivity index (χ1n) is 23.4. The number of fused-ring (bicyclic) bond motifs is 4. The van der Waals surface area contributed by atoms with Crippen molar-refractivity contribution in [2.75, 3.05) is 0 Å². The van der Waals surface area contributed by atoms with Crippen LogP contribution in [0.25, 0.3) is 122 Å². The van der Waals surface area contributed by atoms with Gasteiger partial charge in [0.1, 0.15) is 0 Å². The third kappa shape index (κ3) is 6.82. The summed E-state index contributed by atoms with van der Waals surface area (Å²) in [5.74, 6) is 0. The van der Waals surface area contributed by atoms with Gasteiger partial charge in [0.2, 0.25) is 0 Å². The summed E-state index contributed by atoms with van der Waals surface area (Å²) in [6.45, 7) is 0. The summed E-state index contributed by atoms with van der Waals surface area (Å²) in [4.78, 5) is 0. The second kappa shape index (κ2) is 16.5. The molecule has 2 nitrogen and oxygen atoms in total. The van der Waals surface area contributed by atoms with Gasteiger partial charge in [0, 0.05) is 11.3 Å². The van der Waals surface area contributed by atoms with Crippen molar-refractivity contribution in [1.29, 1.82) is 0 Å². The minimum atomic E-state index is 1.12. The first kappa shape index (κ1) is 39.4. The highest BCUT2D eigenvalue weighted by atomic mass is 15.0. The Morgan fingerprint density at radius 1 is 0.221 bits per heavy atom. The van der Waals surface area contributed by atoms with E-state index in [0.29, 0.717) is 0 Å². The molecule has 0 saturated heterocycles. The number of hydrogen-bond donors (Lipinski definition) is 0. The van der Waals surface area contributed by atoms with Crippen LogP contribution in [0, 0.1) is 0 Å². The van der Waals surface area contributed by atoms with Gasteiger partial charge in [-0.25, -0.2) is 0 Å². The number of benzene rings is 11. The van der Waals surface area contributed by atoms with E-state index in [1.165, 1.54) is 76.5 Å². The third-order valence-corrected chi connectivity index (χ3v) is 13.7. The normalized spacial score (nSPS) is 11.5. The Kier molecular flexibility index (Phi) is 9.54. The molecular weight excluding hydrogens is 821 g/mol. The maximum absolute atomic E-state index is 2.51. The van der Waals surface area contributed by atoms with E-state index < -0.39 is 0 Å². The molecule has 11 aromatic carbocycles. The summed E-state index contributed by atoms with van der Waals surface area (Å²) in [6, 6.07) is 97.9. The van der Waals surface area contributed by atoms with Crippen molar-refractivity contribution in [3.63, 3.8) is 0 Å². The highest BCUT2D eigenvalue weighted by molar-refractivity contribution is 6.15. The van der Waals surface area contributed by atoms with Gasteiger partial charge >= 0.3 is 0 Å². The fraction of sp³-hybridized carbons (Fsp3) is 0. The molecule has 2 heterocycles. The zero-order chi connectivity index (χ0) is 45.0. The molecule has 0 aliphatic rings. The summed E-state index contributed by atoms with van der Waals surface area (Å²) >= 11 is 0. The quantitative estimate of drug-likeness (QED) is 0.135. The Balaban J connectivity index is 1.15. The summed E-state index contributed by atoms with van der Waals surface area (Å²) in [6.07, 6.45) is 0. The molecule has 0 spiro atoms. The molecule has 68 heavy (non-hydrogen) atoms. The molecule has 13 rings (SSSR count). The molecule has 0 radical (unpaired) electrons. The van der Waals surface area contributed by atoms with E-state index in [9.17, 15) is 0 Å². The zero-order valence-electron chi connectivity index (χ0n) is 37.3. The molecule has 0 N–H and O–H groups in total. The van der Waals surface area contributed by atoms with Crippen molar-refractivity contribution in [3.8, 4) is 78.7 Å². The number of rotatable bonds is 8. The smallest absolute Gasteiger partial charge is 0.0553 e. The van der Waals surface area contributed by atoms with Crippen molar-refractivity contribution in [3.05, 3.63) is 267 Å². The Labute approximate surface area is 395 Å². The van der Waals surface area contributed by atoms with Crippen molar-refractivity contribution >= 4 is 43.1 Å².